The van der Waals surface area contributed by atoms with E-state index in [1.165, 1.54) is 89.0 Å². The Kier molecular flexibility index (Phi) is 13.8. The first-order chi connectivity index (χ1) is 31.8. The molecule has 0 atom stereocenters. The van der Waals surface area contributed by atoms with Gasteiger partial charge in [0.05, 0.1) is 0 Å². The number of fused-ring (bicyclic) bond motifs is 3. The van der Waals surface area contributed by atoms with Crippen LogP contribution in [0.1, 0.15) is 81.3 Å². The molecule has 2 aliphatic rings. The van der Waals surface area contributed by atoms with Gasteiger partial charge in [0.15, 0.2) is 0 Å². The summed E-state index contributed by atoms with van der Waals surface area (Å²) >= 11 is -5.02. The predicted molar refractivity (Wildman–Crippen MR) is 297 cm³/mol. The summed E-state index contributed by atoms with van der Waals surface area (Å²) in [5.74, 6) is 0. The molecule has 0 bridgehead atoms. The Balaban J connectivity index is 0.00000312. The Hall–Kier alpha value is -5.43. The quantitative estimate of drug-likeness (QED) is 0.128. The van der Waals surface area contributed by atoms with E-state index >= 15 is 0 Å². The van der Waals surface area contributed by atoms with E-state index in [2.05, 4.69) is 248 Å². The van der Waals surface area contributed by atoms with Crippen molar-refractivity contribution in [2.45, 2.75) is 73.5 Å². The second-order valence-corrected chi connectivity index (χ2v) is 35.5. The zero-order valence-electron chi connectivity index (χ0n) is 40.5. The van der Waals surface area contributed by atoms with Crippen LogP contribution in [0, 0.1) is 0 Å². The molecule has 0 amide bonds. The second-order valence-electron chi connectivity index (χ2n) is 21.4. The Morgan fingerprint density at radius 1 is 0.456 bits per heavy atom. The van der Waals surface area contributed by atoms with Gasteiger partial charge in [-0.05, 0) is 0 Å². The van der Waals surface area contributed by atoms with Crippen LogP contribution in [-0.4, -0.2) is 4.21 Å². The summed E-state index contributed by atoms with van der Waals surface area (Å²) in [6.07, 6.45) is 9.05. The van der Waals surface area contributed by atoms with Gasteiger partial charge in [0.25, 0.3) is 0 Å². The van der Waals surface area contributed by atoms with E-state index in [0.717, 1.165) is 21.1 Å². The summed E-state index contributed by atoms with van der Waals surface area (Å²) in [7, 11) is 0. The van der Waals surface area contributed by atoms with Crippen LogP contribution in [0.5, 0.6) is 0 Å². The van der Waals surface area contributed by atoms with E-state index in [0.29, 0.717) is 0 Å². The number of halogens is 2. The van der Waals surface area contributed by atoms with Crippen LogP contribution in [0.2, 0.25) is 0 Å². The van der Waals surface area contributed by atoms with Gasteiger partial charge in [-0.25, -0.2) is 0 Å². The maximum atomic E-state index is 6.08. The van der Waals surface area contributed by atoms with Crippen molar-refractivity contribution in [3.8, 4) is 55.6 Å². The minimum absolute atomic E-state index is 0. The van der Waals surface area contributed by atoms with Crippen molar-refractivity contribution in [1.82, 2.24) is 0 Å². The van der Waals surface area contributed by atoms with E-state index < -0.39 is 18.3 Å². The van der Waals surface area contributed by atoms with Crippen molar-refractivity contribution in [3.05, 3.63) is 243 Å². The molecule has 0 heterocycles. The third-order valence-corrected chi connectivity index (χ3v) is 30.6. The van der Waals surface area contributed by atoms with Gasteiger partial charge >= 0.3 is 398 Å². The molecule has 0 saturated carbocycles. The third kappa shape index (κ3) is 9.11. The van der Waals surface area contributed by atoms with Crippen molar-refractivity contribution in [2.75, 3.05) is 0 Å². The molecule has 0 N–H and O–H groups in total. The summed E-state index contributed by atoms with van der Waals surface area (Å²) in [5, 5.41) is 0. The van der Waals surface area contributed by atoms with Gasteiger partial charge in [-0.15, -0.1) is 24.8 Å². The Labute approximate surface area is 419 Å². The fraction of sp³-hybridized carbons (Fsp3) is 0.185. The topological polar surface area (TPSA) is 0 Å². The monoisotopic (exact) mass is 1000 g/mol. The average Bonchev–Trinajstić information content (AvgIpc) is 4.01. The van der Waals surface area contributed by atoms with E-state index in [-0.39, 0.29) is 35.6 Å². The van der Waals surface area contributed by atoms with E-state index in [4.69, 9.17) is 4.21 Å². The first kappa shape index (κ1) is 49.0. The van der Waals surface area contributed by atoms with E-state index in [1.54, 1.807) is 6.55 Å². The molecule has 0 radical (unpaired) electrons. The second kappa shape index (κ2) is 19.2. The van der Waals surface area contributed by atoms with Crippen LogP contribution >= 0.6 is 24.8 Å². The molecule has 8 aromatic rings. The number of rotatable bonds is 10. The van der Waals surface area contributed by atoms with Crippen molar-refractivity contribution < 1.29 is 18.3 Å². The standard InChI is InChI=1S/C33H33.2C13H11.C5H5.CH2.2ClH.Zr/c1-32(2,3)30-20-26-24(18-28(30)22-13-9-7-10-14-22)17-25-19-29(23-15-11-8-12-16-23)31(21-27(25)26)33(4,5)6;2*1-11-7-9-13(10-8-11)12-5-3-2-4-6-12;1-2-4-5-3-1;;;;/h7-16,18,20-21H,17H2,1-6H3;2*2-10H,1H2;1-3H,4H2;1H2;2*1H;. The Morgan fingerprint density at radius 3 is 1.32 bits per heavy atom. The third-order valence-electron chi connectivity index (χ3n) is 14.8. The Bertz CT molecular complexity index is 3110. The summed E-state index contributed by atoms with van der Waals surface area (Å²) in [4.78, 5) is 0. The van der Waals surface area contributed by atoms with Gasteiger partial charge in [0, 0.05) is 0 Å². The van der Waals surface area contributed by atoms with E-state index in [9.17, 15) is 0 Å². The van der Waals surface area contributed by atoms with Crippen LogP contribution in [0.3, 0.4) is 0 Å². The maximum absolute atomic E-state index is 6.08. The van der Waals surface area contributed by atoms with Crippen molar-refractivity contribution in [1.29, 1.82) is 0 Å². The summed E-state index contributed by atoms with van der Waals surface area (Å²) in [6, 6.07) is 70.9. The number of benzene rings is 8. The number of hydrogen-bond donors (Lipinski definition) is 0. The molecule has 0 fully saturated rings. The molecular formula is C65H64Cl2Zr. The SMILES string of the molecule is Cl.Cl.[CH2]=[Zr]([CH2]c1ccc(-c2ccccc2)cc1)([CH2]c1ccc(-c2ccccc2)cc1)([C]1=CC=CC1)[c]1c2c(cc(C(C)(C)C)c1-c1ccccc1)-c1cc(C(C)(C)C)c(-c3ccccc3)cc1C2. The minimum atomic E-state index is -5.02. The van der Waals surface area contributed by atoms with Crippen LogP contribution in [0.4, 0.5) is 0 Å². The van der Waals surface area contributed by atoms with Gasteiger partial charge in [-0.3, -0.25) is 0 Å². The number of allylic oxidation sites excluding steroid dienone is 4. The van der Waals surface area contributed by atoms with Crippen molar-refractivity contribution >= 4 is 32.3 Å². The van der Waals surface area contributed by atoms with Crippen molar-refractivity contribution in [2.24, 2.45) is 0 Å². The molecule has 0 aromatic heterocycles. The summed E-state index contributed by atoms with van der Waals surface area (Å²) in [6.45, 7) is 14.4. The molecule has 0 spiro atoms. The zero-order chi connectivity index (χ0) is 45.7. The van der Waals surface area contributed by atoms with Crippen molar-refractivity contribution in [3.63, 3.8) is 0 Å². The fourth-order valence-electron chi connectivity index (χ4n) is 11.5. The molecule has 10 rings (SSSR count). The van der Waals surface area contributed by atoms with Gasteiger partial charge in [0.2, 0.25) is 0 Å². The number of hydrogen-bond acceptors (Lipinski definition) is 0. The molecule has 342 valence electrons. The van der Waals surface area contributed by atoms with Crippen LogP contribution < -0.4 is 3.27 Å². The Morgan fingerprint density at radius 2 is 0.882 bits per heavy atom. The van der Waals surface area contributed by atoms with Gasteiger partial charge in [-0.2, -0.15) is 0 Å². The molecule has 0 nitrogen and oxygen atoms in total. The van der Waals surface area contributed by atoms with Crippen LogP contribution in [0.15, 0.2) is 210 Å². The van der Waals surface area contributed by atoms with Gasteiger partial charge < -0.3 is 0 Å². The normalized spacial score (nSPS) is 13.2. The molecule has 0 saturated heterocycles. The molecule has 3 heteroatoms. The summed E-state index contributed by atoms with van der Waals surface area (Å²) in [5.41, 5.74) is 21.4. The average molecular weight is 1010 g/mol. The molecule has 8 aromatic carbocycles. The van der Waals surface area contributed by atoms with Crippen LogP contribution in [0.25, 0.3) is 55.6 Å². The summed E-state index contributed by atoms with van der Waals surface area (Å²) < 4.78 is 11.1. The molecule has 0 aliphatic heterocycles. The molecule has 2 aliphatic carbocycles. The molecule has 68 heavy (non-hydrogen) atoms. The van der Waals surface area contributed by atoms with Crippen LogP contribution in [-0.2, 0) is 43.8 Å². The first-order valence-electron chi connectivity index (χ1n) is 24.0. The van der Waals surface area contributed by atoms with Gasteiger partial charge in [-0.1, -0.05) is 0 Å². The van der Waals surface area contributed by atoms with Gasteiger partial charge in [0.1, 0.15) is 0 Å². The molecular weight excluding hydrogens is 943 g/mol. The zero-order valence-corrected chi connectivity index (χ0v) is 44.6. The van der Waals surface area contributed by atoms with E-state index in [1.807, 2.05) is 0 Å². The fourth-order valence-corrected chi connectivity index (χ4v) is 28.3. The first-order valence-corrected chi connectivity index (χ1v) is 31.6. The predicted octanol–water partition coefficient (Wildman–Crippen LogP) is 17.4. The molecule has 0 unspecified atom stereocenters.